The third-order valence-corrected chi connectivity index (χ3v) is 6.16. The van der Waals surface area contributed by atoms with Crippen LogP contribution < -0.4 is 4.90 Å². The summed E-state index contributed by atoms with van der Waals surface area (Å²) in [7, 11) is 0. The lowest BCUT2D eigenvalue weighted by molar-refractivity contribution is -0.146. The van der Waals surface area contributed by atoms with E-state index in [0.717, 1.165) is 48.9 Å². The summed E-state index contributed by atoms with van der Waals surface area (Å²) in [5.41, 5.74) is 1.58. The molecule has 10 heteroatoms. The first-order valence-electron chi connectivity index (χ1n) is 10.1. The van der Waals surface area contributed by atoms with Crippen LogP contribution in [-0.2, 0) is 11.0 Å². The molecule has 2 aliphatic rings. The maximum absolute atomic E-state index is 13.2. The molecule has 0 aliphatic carbocycles. The number of fused-ring (bicyclic) bond motifs is 1. The molecular weight excluding hydrogens is 385 g/mol. The first-order chi connectivity index (χ1) is 13.8. The molecule has 7 nitrogen and oxygen atoms in total. The molecule has 29 heavy (non-hydrogen) atoms. The SMILES string of the molecule is Cc1c(N2CCC(CC(=O)N3CCCC3)CC2)nn2c(C(F)(F)F)nnc2c1C. The van der Waals surface area contributed by atoms with E-state index < -0.39 is 12.0 Å². The van der Waals surface area contributed by atoms with Crippen molar-refractivity contribution in [2.75, 3.05) is 31.1 Å². The number of likely N-dealkylation sites (tertiary alicyclic amines) is 1. The topological polar surface area (TPSA) is 66.6 Å². The van der Waals surface area contributed by atoms with Gasteiger partial charge in [0, 0.05) is 43.7 Å². The number of hydrogen-bond acceptors (Lipinski definition) is 5. The summed E-state index contributed by atoms with van der Waals surface area (Å²) >= 11 is 0. The Hall–Kier alpha value is -2.39. The first-order valence-corrected chi connectivity index (χ1v) is 10.1. The minimum Gasteiger partial charge on any atom is -0.355 e. The van der Waals surface area contributed by atoms with Crippen molar-refractivity contribution in [1.82, 2.24) is 24.7 Å². The number of anilines is 1. The van der Waals surface area contributed by atoms with Gasteiger partial charge in [0.05, 0.1) is 0 Å². The molecule has 2 fully saturated rings. The van der Waals surface area contributed by atoms with Gasteiger partial charge in [0.15, 0.2) is 11.5 Å². The number of alkyl halides is 3. The average Bonchev–Trinajstić information content (AvgIpc) is 3.35. The second-order valence-corrected chi connectivity index (χ2v) is 8.05. The Morgan fingerprint density at radius 1 is 1.03 bits per heavy atom. The third-order valence-electron chi connectivity index (χ3n) is 6.16. The molecule has 4 rings (SSSR count). The number of hydrogen-bond donors (Lipinski definition) is 0. The highest BCUT2D eigenvalue weighted by Gasteiger charge is 2.38. The summed E-state index contributed by atoms with van der Waals surface area (Å²) in [5.74, 6) is -0.0375. The van der Waals surface area contributed by atoms with Crippen molar-refractivity contribution >= 4 is 17.4 Å². The lowest BCUT2D eigenvalue weighted by Gasteiger charge is -2.34. The molecule has 0 unspecified atom stereocenters. The fourth-order valence-electron chi connectivity index (χ4n) is 4.28. The summed E-state index contributed by atoms with van der Waals surface area (Å²) in [4.78, 5) is 16.3. The number of halogens is 3. The molecule has 0 spiro atoms. The zero-order chi connectivity index (χ0) is 20.8. The Morgan fingerprint density at radius 2 is 1.69 bits per heavy atom. The highest BCUT2D eigenvalue weighted by atomic mass is 19.4. The molecule has 2 aromatic rings. The van der Waals surface area contributed by atoms with E-state index in [1.165, 1.54) is 0 Å². The van der Waals surface area contributed by atoms with Gasteiger partial charge in [-0.2, -0.15) is 17.7 Å². The molecule has 2 saturated heterocycles. The zero-order valence-electron chi connectivity index (χ0n) is 16.7. The summed E-state index contributed by atoms with van der Waals surface area (Å²) in [6, 6.07) is 0. The minimum atomic E-state index is -4.62. The molecule has 0 atom stereocenters. The van der Waals surface area contributed by atoms with Crippen LogP contribution in [0.3, 0.4) is 0 Å². The van der Waals surface area contributed by atoms with Gasteiger partial charge < -0.3 is 9.80 Å². The summed E-state index contributed by atoms with van der Waals surface area (Å²) in [6.07, 6.45) is -0.242. The van der Waals surface area contributed by atoms with Gasteiger partial charge >= 0.3 is 6.18 Å². The number of aromatic nitrogens is 4. The molecule has 1 amide bonds. The quantitative estimate of drug-likeness (QED) is 0.778. The van der Waals surface area contributed by atoms with Crippen molar-refractivity contribution in [3.8, 4) is 0 Å². The lowest BCUT2D eigenvalue weighted by atomic mass is 9.92. The molecule has 2 aromatic heterocycles. The second kappa shape index (κ2) is 7.46. The van der Waals surface area contributed by atoms with Gasteiger partial charge in [0.25, 0.3) is 5.82 Å². The van der Waals surface area contributed by atoms with Crippen LogP contribution in [0.2, 0.25) is 0 Å². The van der Waals surface area contributed by atoms with Gasteiger partial charge in [-0.25, -0.2) is 0 Å². The predicted octanol–water partition coefficient (Wildman–Crippen LogP) is 2.99. The van der Waals surface area contributed by atoms with Crippen LogP contribution in [-0.4, -0.2) is 56.8 Å². The van der Waals surface area contributed by atoms with E-state index in [2.05, 4.69) is 15.3 Å². The fraction of sp³-hybridized carbons (Fsp3) is 0.684. The normalized spacial score (nSPS) is 18.8. The van der Waals surface area contributed by atoms with Crippen LogP contribution in [0.25, 0.3) is 5.65 Å². The van der Waals surface area contributed by atoms with E-state index in [9.17, 15) is 18.0 Å². The van der Waals surface area contributed by atoms with Crippen molar-refractivity contribution in [2.45, 2.75) is 52.1 Å². The Balaban J connectivity index is 1.50. The van der Waals surface area contributed by atoms with Crippen LogP contribution in [0.1, 0.15) is 49.1 Å². The van der Waals surface area contributed by atoms with Crippen molar-refractivity contribution in [1.29, 1.82) is 0 Å². The van der Waals surface area contributed by atoms with Gasteiger partial charge in [-0.3, -0.25) is 4.79 Å². The Morgan fingerprint density at radius 3 is 2.31 bits per heavy atom. The number of aryl methyl sites for hydroxylation is 1. The number of carbonyl (C=O) groups excluding carboxylic acids is 1. The van der Waals surface area contributed by atoms with Gasteiger partial charge in [0.2, 0.25) is 5.91 Å². The molecule has 0 radical (unpaired) electrons. The summed E-state index contributed by atoms with van der Waals surface area (Å²) < 4.78 is 40.5. The van der Waals surface area contributed by atoms with Gasteiger partial charge in [-0.1, -0.05) is 0 Å². The van der Waals surface area contributed by atoms with Crippen molar-refractivity contribution < 1.29 is 18.0 Å². The number of nitrogens with zero attached hydrogens (tertiary/aromatic N) is 6. The van der Waals surface area contributed by atoms with Crippen LogP contribution in [0.4, 0.5) is 19.0 Å². The molecule has 0 saturated carbocycles. The van der Waals surface area contributed by atoms with Crippen LogP contribution in [0.5, 0.6) is 0 Å². The van der Waals surface area contributed by atoms with Gasteiger partial charge in [0.1, 0.15) is 0 Å². The summed E-state index contributed by atoms with van der Waals surface area (Å²) in [6.45, 7) is 6.65. The van der Waals surface area contributed by atoms with Gasteiger partial charge in [-0.05, 0) is 45.4 Å². The van der Waals surface area contributed by atoms with Crippen molar-refractivity contribution in [3.05, 3.63) is 17.0 Å². The number of piperidine rings is 1. The Bertz CT molecular complexity index is 911. The first kappa shape index (κ1) is 19.9. The number of rotatable bonds is 3. The number of carbonyl (C=O) groups is 1. The fourth-order valence-corrected chi connectivity index (χ4v) is 4.28. The van der Waals surface area contributed by atoms with Crippen molar-refractivity contribution in [3.63, 3.8) is 0 Å². The highest BCUT2D eigenvalue weighted by molar-refractivity contribution is 5.76. The maximum atomic E-state index is 13.2. The molecule has 0 N–H and O–H groups in total. The Labute approximate surface area is 166 Å². The monoisotopic (exact) mass is 410 g/mol. The van der Waals surface area contributed by atoms with Crippen LogP contribution in [0, 0.1) is 19.8 Å². The summed E-state index contributed by atoms with van der Waals surface area (Å²) in [5, 5.41) is 11.2. The molecule has 0 bridgehead atoms. The van der Waals surface area contributed by atoms with Gasteiger partial charge in [-0.15, -0.1) is 15.3 Å². The maximum Gasteiger partial charge on any atom is 0.453 e. The zero-order valence-corrected chi connectivity index (χ0v) is 16.7. The van der Waals surface area contributed by atoms with E-state index in [1.54, 1.807) is 6.92 Å². The van der Waals surface area contributed by atoms with Crippen LogP contribution >= 0.6 is 0 Å². The average molecular weight is 410 g/mol. The molecule has 0 aromatic carbocycles. The van der Waals surface area contributed by atoms with Crippen LogP contribution in [0.15, 0.2) is 0 Å². The minimum absolute atomic E-state index is 0.129. The van der Waals surface area contributed by atoms with Crippen molar-refractivity contribution in [2.24, 2.45) is 5.92 Å². The van der Waals surface area contributed by atoms with E-state index in [1.807, 2.05) is 16.7 Å². The smallest absolute Gasteiger partial charge is 0.355 e. The molecule has 4 heterocycles. The lowest BCUT2D eigenvalue weighted by Crippen LogP contribution is -2.37. The molecular formula is C19H25F3N6O. The van der Waals surface area contributed by atoms with E-state index >= 15 is 0 Å². The Kier molecular flexibility index (Phi) is 5.12. The van der Waals surface area contributed by atoms with E-state index in [-0.39, 0.29) is 11.6 Å². The molecule has 158 valence electrons. The molecule has 2 aliphatic heterocycles. The predicted molar refractivity (Wildman–Crippen MR) is 101 cm³/mol. The van der Waals surface area contributed by atoms with E-state index in [4.69, 9.17) is 0 Å². The largest absolute Gasteiger partial charge is 0.453 e. The number of amides is 1. The third kappa shape index (κ3) is 3.76. The highest BCUT2D eigenvalue weighted by Crippen LogP contribution is 2.32. The van der Waals surface area contributed by atoms with E-state index in [0.29, 0.717) is 36.8 Å². The standard InChI is InChI=1S/C19H25F3N6O/c1-12-13(2)17(25-28-16(12)23-24-18(28)19(20,21)22)27-9-5-14(6-10-27)11-15(29)26-7-3-4-8-26/h14H,3-11H2,1-2H3. The second-order valence-electron chi connectivity index (χ2n) is 8.05.